The summed E-state index contributed by atoms with van der Waals surface area (Å²) < 4.78 is 38.7. The summed E-state index contributed by atoms with van der Waals surface area (Å²) in [5.41, 5.74) is 1.34. The van der Waals surface area contributed by atoms with Crippen molar-refractivity contribution in [3.05, 3.63) is 54.4 Å². The van der Waals surface area contributed by atoms with Gasteiger partial charge in [-0.1, -0.05) is 0 Å². The Hall–Kier alpha value is -3.69. The molecule has 10 heteroatoms. The van der Waals surface area contributed by atoms with E-state index in [1.54, 1.807) is 24.4 Å². The van der Waals surface area contributed by atoms with Crippen molar-refractivity contribution in [2.75, 3.05) is 48.5 Å². The fourth-order valence-corrected chi connectivity index (χ4v) is 4.19. The highest BCUT2D eigenvalue weighted by Crippen LogP contribution is 2.36. The second-order valence-electron chi connectivity index (χ2n) is 7.94. The third-order valence-corrected chi connectivity index (χ3v) is 5.89. The Bertz CT molecular complexity index is 1140. The van der Waals surface area contributed by atoms with Crippen LogP contribution < -0.4 is 24.6 Å². The average molecular weight is 454 g/mol. The van der Waals surface area contributed by atoms with Crippen LogP contribution in [0.25, 0.3) is 0 Å². The Morgan fingerprint density at radius 2 is 1.94 bits per heavy atom. The van der Waals surface area contributed by atoms with Crippen LogP contribution in [0, 0.1) is 11.6 Å². The first-order valence-electron chi connectivity index (χ1n) is 10.8. The molecule has 0 saturated carbocycles. The molecule has 0 radical (unpaired) electrons. The average Bonchev–Trinajstić information content (AvgIpc) is 2.84. The van der Waals surface area contributed by atoms with Gasteiger partial charge < -0.3 is 24.6 Å². The van der Waals surface area contributed by atoms with Gasteiger partial charge in [-0.15, -0.1) is 0 Å². The van der Waals surface area contributed by atoms with Crippen molar-refractivity contribution >= 4 is 23.1 Å². The molecule has 0 bridgehead atoms. The fourth-order valence-electron chi connectivity index (χ4n) is 4.19. The molecule has 3 aromatic rings. The second-order valence-corrected chi connectivity index (χ2v) is 7.94. The Morgan fingerprint density at radius 1 is 1.09 bits per heavy atom. The van der Waals surface area contributed by atoms with Gasteiger partial charge in [0, 0.05) is 43.1 Å². The van der Waals surface area contributed by atoms with E-state index in [0.29, 0.717) is 36.5 Å². The first-order chi connectivity index (χ1) is 16.1. The molecule has 2 aromatic heterocycles. The van der Waals surface area contributed by atoms with E-state index in [1.807, 2.05) is 12.1 Å². The van der Waals surface area contributed by atoms with Gasteiger partial charge in [0.05, 0.1) is 25.5 Å². The van der Waals surface area contributed by atoms with E-state index in [0.717, 1.165) is 37.7 Å². The summed E-state index contributed by atoms with van der Waals surface area (Å²) in [6.07, 6.45) is 5.14. The minimum atomic E-state index is -0.643. The smallest absolute Gasteiger partial charge is 0.225 e. The van der Waals surface area contributed by atoms with Gasteiger partial charge in [-0.2, -0.15) is 4.98 Å². The summed E-state index contributed by atoms with van der Waals surface area (Å²) in [6.45, 7) is 2.50. The first kappa shape index (κ1) is 21.2. The zero-order valence-electron chi connectivity index (χ0n) is 18.2. The maximum atomic E-state index is 14.4. The summed E-state index contributed by atoms with van der Waals surface area (Å²) in [6, 6.07) is 7.63. The standard InChI is InChI=1S/C23H24F2N6O2/c1-32-21-13-17(4-7-26-21)30-8-5-16(6-9-30)28-23-27-14-20-22(29-23)31(10-11-33-20)19-3-2-15(24)12-18(19)25/h2-4,7,12-14,16H,5-6,8-11H2,1H3,(H,27,28,29). The Balaban J connectivity index is 1.29. The lowest BCUT2D eigenvalue weighted by atomic mass is 10.0. The number of benzene rings is 1. The van der Waals surface area contributed by atoms with Crippen molar-refractivity contribution in [1.82, 2.24) is 15.0 Å². The third-order valence-electron chi connectivity index (χ3n) is 5.89. The van der Waals surface area contributed by atoms with Crippen molar-refractivity contribution in [1.29, 1.82) is 0 Å². The Morgan fingerprint density at radius 3 is 2.73 bits per heavy atom. The normalized spacial score (nSPS) is 16.2. The highest BCUT2D eigenvalue weighted by molar-refractivity contribution is 5.67. The molecule has 0 amide bonds. The quantitative estimate of drug-likeness (QED) is 0.625. The molecule has 0 aliphatic carbocycles. The number of nitrogens with one attached hydrogen (secondary N) is 1. The number of nitrogens with zero attached hydrogens (tertiary/aromatic N) is 5. The molecule has 0 spiro atoms. The van der Waals surface area contributed by atoms with E-state index in [4.69, 9.17) is 9.47 Å². The number of pyridine rings is 1. The summed E-state index contributed by atoms with van der Waals surface area (Å²) >= 11 is 0. The van der Waals surface area contributed by atoms with Crippen molar-refractivity contribution in [2.45, 2.75) is 18.9 Å². The number of piperidine rings is 1. The van der Waals surface area contributed by atoms with Gasteiger partial charge >= 0.3 is 0 Å². The molecule has 2 aliphatic rings. The maximum Gasteiger partial charge on any atom is 0.225 e. The van der Waals surface area contributed by atoms with Crippen molar-refractivity contribution in [3.63, 3.8) is 0 Å². The lowest BCUT2D eigenvalue weighted by Crippen LogP contribution is -2.39. The van der Waals surface area contributed by atoms with Gasteiger partial charge in [0.15, 0.2) is 11.6 Å². The van der Waals surface area contributed by atoms with Gasteiger partial charge in [0.1, 0.15) is 18.2 Å². The van der Waals surface area contributed by atoms with Crippen LogP contribution in [0.1, 0.15) is 12.8 Å². The molecule has 33 heavy (non-hydrogen) atoms. The molecule has 4 heterocycles. The van der Waals surface area contributed by atoms with Gasteiger partial charge in [-0.3, -0.25) is 0 Å². The van der Waals surface area contributed by atoms with Crippen LogP contribution in [0.15, 0.2) is 42.7 Å². The molecule has 1 saturated heterocycles. The summed E-state index contributed by atoms with van der Waals surface area (Å²) in [5, 5.41) is 3.40. The van der Waals surface area contributed by atoms with Crippen molar-refractivity contribution in [3.8, 4) is 11.6 Å². The second kappa shape index (κ2) is 9.05. The number of aromatic nitrogens is 3. The van der Waals surface area contributed by atoms with Crippen LogP contribution in [0.2, 0.25) is 0 Å². The molecule has 1 fully saturated rings. The van der Waals surface area contributed by atoms with Crippen molar-refractivity contribution < 1.29 is 18.3 Å². The van der Waals surface area contributed by atoms with E-state index in [-0.39, 0.29) is 11.7 Å². The van der Waals surface area contributed by atoms with Crippen LogP contribution in [-0.4, -0.2) is 54.3 Å². The minimum absolute atomic E-state index is 0.198. The number of rotatable bonds is 5. The van der Waals surface area contributed by atoms with E-state index in [2.05, 4.69) is 25.2 Å². The molecule has 8 nitrogen and oxygen atoms in total. The predicted molar refractivity (Wildman–Crippen MR) is 121 cm³/mol. The monoisotopic (exact) mass is 454 g/mol. The largest absolute Gasteiger partial charge is 0.486 e. The Kier molecular flexibility index (Phi) is 5.80. The molecule has 1 aromatic carbocycles. The maximum absolute atomic E-state index is 14.4. The number of methoxy groups -OCH3 is 1. The summed E-state index contributed by atoms with van der Waals surface area (Å²) in [7, 11) is 1.61. The zero-order valence-corrected chi connectivity index (χ0v) is 18.2. The predicted octanol–water partition coefficient (Wildman–Crippen LogP) is 3.77. The van der Waals surface area contributed by atoms with Gasteiger partial charge in [0.25, 0.3) is 0 Å². The molecule has 1 N–H and O–H groups in total. The molecule has 2 aliphatic heterocycles. The fraction of sp³-hybridized carbons (Fsp3) is 0.348. The van der Waals surface area contributed by atoms with E-state index < -0.39 is 11.6 Å². The van der Waals surface area contributed by atoms with Crippen LogP contribution >= 0.6 is 0 Å². The molecular weight excluding hydrogens is 430 g/mol. The van der Waals surface area contributed by atoms with E-state index in [9.17, 15) is 8.78 Å². The number of hydrogen-bond donors (Lipinski definition) is 1. The number of anilines is 4. The summed E-state index contributed by atoms with van der Waals surface area (Å²) in [4.78, 5) is 17.1. The van der Waals surface area contributed by atoms with Crippen molar-refractivity contribution in [2.24, 2.45) is 0 Å². The van der Waals surface area contributed by atoms with Crippen LogP contribution in [0.4, 0.5) is 31.9 Å². The van der Waals surface area contributed by atoms with Crippen LogP contribution in [0.5, 0.6) is 11.6 Å². The molecule has 5 rings (SSSR count). The summed E-state index contributed by atoms with van der Waals surface area (Å²) in [5.74, 6) is 0.723. The number of hydrogen-bond acceptors (Lipinski definition) is 8. The third kappa shape index (κ3) is 4.46. The van der Waals surface area contributed by atoms with Crippen LogP contribution in [-0.2, 0) is 0 Å². The lowest BCUT2D eigenvalue weighted by molar-refractivity contribution is 0.310. The van der Waals surface area contributed by atoms with E-state index in [1.165, 1.54) is 12.1 Å². The highest BCUT2D eigenvalue weighted by atomic mass is 19.1. The number of ether oxygens (including phenoxy) is 2. The highest BCUT2D eigenvalue weighted by Gasteiger charge is 2.26. The molecular formula is C23H24F2N6O2. The van der Waals surface area contributed by atoms with Gasteiger partial charge in [0.2, 0.25) is 11.8 Å². The topological polar surface area (TPSA) is 75.6 Å². The SMILES string of the molecule is COc1cc(N2CCC(Nc3ncc4c(n3)N(c3ccc(F)cc3F)CCO4)CC2)ccn1. The van der Waals surface area contributed by atoms with Gasteiger partial charge in [-0.25, -0.2) is 18.7 Å². The minimum Gasteiger partial charge on any atom is -0.486 e. The Labute approximate surface area is 190 Å². The van der Waals surface area contributed by atoms with Gasteiger partial charge in [-0.05, 0) is 31.0 Å². The lowest BCUT2D eigenvalue weighted by Gasteiger charge is -2.34. The number of halogens is 2. The first-order valence-corrected chi connectivity index (χ1v) is 10.8. The molecule has 0 unspecified atom stereocenters. The van der Waals surface area contributed by atoms with Crippen LogP contribution in [0.3, 0.4) is 0 Å². The molecule has 172 valence electrons. The molecule has 0 atom stereocenters. The number of fused-ring (bicyclic) bond motifs is 1. The zero-order chi connectivity index (χ0) is 22.8. The van der Waals surface area contributed by atoms with E-state index >= 15 is 0 Å².